The number of hydrogen-bond donors (Lipinski definition) is 2. The predicted molar refractivity (Wildman–Crippen MR) is 59.7 cm³/mol. The highest BCUT2D eigenvalue weighted by molar-refractivity contribution is 5.71. The molecule has 6 nitrogen and oxygen atoms in total. The molecule has 1 fully saturated rings. The van der Waals surface area contributed by atoms with Crippen LogP contribution in [-0.2, 0) is 14.3 Å². The van der Waals surface area contributed by atoms with E-state index in [-0.39, 0.29) is 6.54 Å². The van der Waals surface area contributed by atoms with E-state index in [1.54, 1.807) is 20.8 Å². The molecule has 1 amide bonds. The van der Waals surface area contributed by atoms with Crippen LogP contribution in [0, 0.1) is 5.92 Å². The largest absolute Gasteiger partial charge is 0.481 e. The number of hydrogen-bond acceptors (Lipinski definition) is 4. The summed E-state index contributed by atoms with van der Waals surface area (Å²) < 4.78 is 10.3. The summed E-state index contributed by atoms with van der Waals surface area (Å²) in [5.41, 5.74) is -0.563. The highest BCUT2D eigenvalue weighted by atomic mass is 16.6. The van der Waals surface area contributed by atoms with Crippen molar-refractivity contribution in [2.24, 2.45) is 5.92 Å². The molecule has 2 atom stereocenters. The fraction of sp³-hybridized carbons (Fsp3) is 0.818. The molecule has 0 radical (unpaired) electrons. The highest BCUT2D eigenvalue weighted by Crippen LogP contribution is 2.20. The van der Waals surface area contributed by atoms with Gasteiger partial charge in [0.15, 0.2) is 0 Å². The van der Waals surface area contributed by atoms with E-state index in [0.29, 0.717) is 13.0 Å². The quantitative estimate of drug-likeness (QED) is 0.774. The van der Waals surface area contributed by atoms with Crippen molar-refractivity contribution in [3.05, 3.63) is 0 Å². The molecular formula is C11H19NO5. The summed E-state index contributed by atoms with van der Waals surface area (Å²) in [6.45, 7) is 5.86. The topological polar surface area (TPSA) is 84.9 Å². The minimum atomic E-state index is -0.890. The van der Waals surface area contributed by atoms with E-state index in [2.05, 4.69) is 5.32 Å². The van der Waals surface area contributed by atoms with E-state index in [1.165, 1.54) is 0 Å². The minimum absolute atomic E-state index is 0.159. The second-order valence-electron chi connectivity index (χ2n) is 5.03. The summed E-state index contributed by atoms with van der Waals surface area (Å²) in [5.74, 6) is -1.44. The molecule has 0 aromatic carbocycles. The number of carboxylic acids is 1. The first-order valence-corrected chi connectivity index (χ1v) is 5.61. The second kappa shape index (κ2) is 5.35. The monoisotopic (exact) mass is 245 g/mol. The minimum Gasteiger partial charge on any atom is -0.481 e. The first kappa shape index (κ1) is 13.8. The number of carbonyl (C=O) groups excluding carboxylic acids is 1. The standard InChI is InChI=1S/C11H19NO5/c1-11(2,3)17-10(15)12-6-8-7(9(13)14)4-5-16-8/h7-8H,4-6H2,1-3H3,(H,12,15)(H,13,14)/t7-,8-/m0/s1. The van der Waals surface area contributed by atoms with Gasteiger partial charge in [0.05, 0.1) is 12.0 Å². The molecule has 1 rings (SSSR count). The van der Waals surface area contributed by atoms with E-state index in [9.17, 15) is 9.59 Å². The lowest BCUT2D eigenvalue weighted by Gasteiger charge is -2.21. The third-order valence-corrected chi connectivity index (χ3v) is 2.37. The summed E-state index contributed by atoms with van der Waals surface area (Å²) in [6, 6.07) is 0. The highest BCUT2D eigenvalue weighted by Gasteiger charge is 2.34. The molecule has 0 unspecified atom stereocenters. The first-order valence-electron chi connectivity index (χ1n) is 5.61. The number of carbonyl (C=O) groups is 2. The summed E-state index contributed by atoms with van der Waals surface area (Å²) in [5, 5.41) is 11.4. The van der Waals surface area contributed by atoms with E-state index in [0.717, 1.165) is 0 Å². The van der Waals surface area contributed by atoms with Crippen molar-refractivity contribution < 1.29 is 24.2 Å². The van der Waals surface area contributed by atoms with Gasteiger partial charge in [-0.05, 0) is 27.2 Å². The van der Waals surface area contributed by atoms with Gasteiger partial charge in [0.25, 0.3) is 0 Å². The number of carboxylic acid groups (broad SMARTS) is 1. The third kappa shape index (κ3) is 4.60. The van der Waals surface area contributed by atoms with Gasteiger partial charge in [-0.3, -0.25) is 4.79 Å². The van der Waals surface area contributed by atoms with Crippen LogP contribution in [0.5, 0.6) is 0 Å². The molecule has 1 saturated heterocycles. The number of amides is 1. The van der Waals surface area contributed by atoms with Crippen molar-refractivity contribution in [1.82, 2.24) is 5.32 Å². The van der Waals surface area contributed by atoms with Gasteiger partial charge in [-0.1, -0.05) is 0 Å². The molecule has 2 N–H and O–H groups in total. The lowest BCUT2D eigenvalue weighted by molar-refractivity contribution is -0.143. The Kier molecular flexibility index (Phi) is 4.34. The van der Waals surface area contributed by atoms with Crippen LogP contribution in [0.3, 0.4) is 0 Å². The molecule has 98 valence electrons. The molecule has 1 aliphatic rings. The maximum Gasteiger partial charge on any atom is 0.407 e. The van der Waals surface area contributed by atoms with E-state index < -0.39 is 29.7 Å². The molecule has 0 bridgehead atoms. The molecule has 0 aliphatic carbocycles. The van der Waals surface area contributed by atoms with Gasteiger partial charge in [0.2, 0.25) is 0 Å². The van der Waals surface area contributed by atoms with Crippen LogP contribution in [0.1, 0.15) is 27.2 Å². The molecule has 1 heterocycles. The Morgan fingerprint density at radius 1 is 1.47 bits per heavy atom. The Labute approximate surface area is 100 Å². The molecule has 0 saturated carbocycles. The van der Waals surface area contributed by atoms with Gasteiger partial charge in [-0.15, -0.1) is 0 Å². The fourth-order valence-corrected chi connectivity index (χ4v) is 1.63. The van der Waals surface area contributed by atoms with Gasteiger partial charge in [-0.25, -0.2) is 4.79 Å². The predicted octanol–water partition coefficient (Wildman–Crippen LogP) is 1.00. The van der Waals surface area contributed by atoms with Crippen LogP contribution in [0.15, 0.2) is 0 Å². The first-order chi connectivity index (χ1) is 7.79. The fourth-order valence-electron chi connectivity index (χ4n) is 1.63. The zero-order valence-electron chi connectivity index (χ0n) is 10.4. The molecule has 17 heavy (non-hydrogen) atoms. The van der Waals surface area contributed by atoms with Gasteiger partial charge in [-0.2, -0.15) is 0 Å². The number of ether oxygens (including phenoxy) is 2. The Morgan fingerprint density at radius 2 is 2.12 bits per heavy atom. The van der Waals surface area contributed by atoms with E-state index >= 15 is 0 Å². The lowest BCUT2D eigenvalue weighted by atomic mass is 10.0. The number of aliphatic carboxylic acids is 1. The van der Waals surface area contributed by atoms with Crippen molar-refractivity contribution in [2.75, 3.05) is 13.2 Å². The smallest absolute Gasteiger partial charge is 0.407 e. The zero-order chi connectivity index (χ0) is 13.1. The molecule has 6 heteroatoms. The van der Waals surface area contributed by atoms with Crippen LogP contribution in [0.4, 0.5) is 4.79 Å². The van der Waals surface area contributed by atoms with E-state index in [1.807, 2.05) is 0 Å². The Hall–Kier alpha value is -1.30. The van der Waals surface area contributed by atoms with Gasteiger partial charge >= 0.3 is 12.1 Å². The average molecular weight is 245 g/mol. The Balaban J connectivity index is 2.35. The van der Waals surface area contributed by atoms with Gasteiger partial charge < -0.3 is 19.9 Å². The maximum absolute atomic E-state index is 11.4. The summed E-state index contributed by atoms with van der Waals surface area (Å²) in [6.07, 6.45) is -0.548. The summed E-state index contributed by atoms with van der Waals surface area (Å²) in [7, 11) is 0. The molecule has 0 aromatic rings. The number of nitrogens with one attached hydrogen (secondary N) is 1. The van der Waals surface area contributed by atoms with Crippen LogP contribution in [0.25, 0.3) is 0 Å². The van der Waals surface area contributed by atoms with Crippen LogP contribution < -0.4 is 5.32 Å². The van der Waals surface area contributed by atoms with Crippen molar-refractivity contribution in [2.45, 2.75) is 38.9 Å². The Morgan fingerprint density at radius 3 is 2.65 bits per heavy atom. The molecule has 0 aromatic heterocycles. The Bertz CT molecular complexity index is 297. The summed E-state index contributed by atoms with van der Waals surface area (Å²) >= 11 is 0. The normalized spacial score (nSPS) is 24.4. The van der Waals surface area contributed by atoms with Crippen molar-refractivity contribution in [1.29, 1.82) is 0 Å². The average Bonchev–Trinajstić information content (AvgIpc) is 2.59. The third-order valence-electron chi connectivity index (χ3n) is 2.37. The second-order valence-corrected chi connectivity index (χ2v) is 5.03. The van der Waals surface area contributed by atoms with Crippen molar-refractivity contribution in [3.63, 3.8) is 0 Å². The van der Waals surface area contributed by atoms with Crippen LogP contribution >= 0.6 is 0 Å². The zero-order valence-corrected chi connectivity index (χ0v) is 10.4. The van der Waals surface area contributed by atoms with Crippen molar-refractivity contribution in [3.8, 4) is 0 Å². The molecule has 0 spiro atoms. The number of rotatable bonds is 3. The molecule has 1 aliphatic heterocycles. The van der Waals surface area contributed by atoms with Crippen LogP contribution in [0.2, 0.25) is 0 Å². The number of alkyl carbamates (subject to hydrolysis) is 1. The maximum atomic E-state index is 11.4. The van der Waals surface area contributed by atoms with E-state index in [4.69, 9.17) is 14.6 Å². The lowest BCUT2D eigenvalue weighted by Crippen LogP contribution is -2.40. The van der Waals surface area contributed by atoms with Crippen LogP contribution in [-0.4, -0.2) is 42.0 Å². The van der Waals surface area contributed by atoms with Gasteiger partial charge in [0.1, 0.15) is 5.60 Å². The summed E-state index contributed by atoms with van der Waals surface area (Å²) in [4.78, 5) is 22.2. The van der Waals surface area contributed by atoms with Crippen molar-refractivity contribution >= 4 is 12.1 Å². The molecular weight excluding hydrogens is 226 g/mol. The van der Waals surface area contributed by atoms with Gasteiger partial charge in [0, 0.05) is 13.2 Å². The SMILES string of the molecule is CC(C)(C)OC(=O)NC[C@@H]1OCC[C@@H]1C(=O)O.